The highest BCUT2D eigenvalue weighted by atomic mass is 79.9. The molecule has 0 unspecified atom stereocenters. The molecule has 1 aromatic carbocycles. The maximum absolute atomic E-state index is 12.3. The van der Waals surface area contributed by atoms with Crippen LogP contribution in [0, 0.1) is 0 Å². The maximum Gasteiger partial charge on any atom is 0.216 e. The predicted molar refractivity (Wildman–Crippen MR) is 111 cm³/mol. The highest BCUT2D eigenvalue weighted by molar-refractivity contribution is 5.96. The average molecular weight is 428 g/mol. The molecule has 1 rings (SSSR count). The molecule has 26 heavy (non-hydrogen) atoms. The predicted octanol–water partition coefficient (Wildman–Crippen LogP) is 3.51. The summed E-state index contributed by atoms with van der Waals surface area (Å²) in [6, 6.07) is 9.68. The fourth-order valence-corrected chi connectivity index (χ4v) is 3.21. The van der Waals surface area contributed by atoms with Crippen LogP contribution in [0.4, 0.5) is 0 Å². The molecule has 3 heteroatoms. The van der Waals surface area contributed by atoms with Crippen molar-refractivity contribution in [2.45, 2.75) is 78.6 Å². The molecule has 0 amide bonds. The molecule has 0 heterocycles. The number of hydrogen-bond donors (Lipinski definition) is 0. The van der Waals surface area contributed by atoms with Crippen molar-refractivity contribution in [3.8, 4) is 0 Å². The Bertz CT molecular complexity index is 445. The number of unbranched alkanes of at least 4 members (excludes halogenated alkanes) is 9. The zero-order valence-corrected chi connectivity index (χ0v) is 18.2. The lowest BCUT2D eigenvalue weighted by Crippen LogP contribution is -3.00. The summed E-state index contributed by atoms with van der Waals surface area (Å²) in [4.78, 5) is 12.3. The second kappa shape index (κ2) is 16.5. The van der Waals surface area contributed by atoms with E-state index in [1.54, 1.807) is 0 Å². The fourth-order valence-electron chi connectivity index (χ4n) is 3.21. The van der Waals surface area contributed by atoms with Crippen molar-refractivity contribution in [1.82, 2.24) is 0 Å². The summed E-state index contributed by atoms with van der Waals surface area (Å²) >= 11 is 0. The number of quaternary nitrogens is 1. The fraction of sp³-hybridized carbons (Fsp3) is 0.696. The molecule has 0 aromatic heterocycles. The summed E-state index contributed by atoms with van der Waals surface area (Å²) in [5.41, 5.74) is 0.840. The van der Waals surface area contributed by atoms with Gasteiger partial charge in [-0.2, -0.15) is 0 Å². The lowest BCUT2D eigenvalue weighted by Gasteiger charge is -2.29. The number of halogens is 1. The van der Waals surface area contributed by atoms with E-state index in [-0.39, 0.29) is 30.2 Å². The number of nitrogens with zero attached hydrogens (tertiary/aromatic N) is 1. The molecule has 0 saturated carbocycles. The number of hydrogen-bond acceptors (Lipinski definition) is 1. The van der Waals surface area contributed by atoms with E-state index >= 15 is 0 Å². The number of carbonyl (C=O) groups excluding carboxylic acids is 1. The summed E-state index contributed by atoms with van der Waals surface area (Å²) in [6.45, 7) is 3.96. The lowest BCUT2D eigenvalue weighted by atomic mass is 10.1. The summed E-state index contributed by atoms with van der Waals surface area (Å²) in [5, 5.41) is 0. The molecular weight excluding hydrogens is 386 g/mol. The first-order valence-electron chi connectivity index (χ1n) is 9.95. The van der Waals surface area contributed by atoms with E-state index in [4.69, 9.17) is 0 Å². The van der Waals surface area contributed by atoms with Crippen LogP contribution >= 0.6 is 0 Å². The van der Waals surface area contributed by atoms with Crippen molar-refractivity contribution < 1.29 is 26.3 Å². The molecular formula is C23H42BrNO. The molecule has 0 fully saturated rings. The standard InChI is InChI=1S/C22H38NO.CH4.BrH/c1-4-5-6-7-8-9-10-11-12-16-19-23(2,3)20-22(24)21-17-14-13-15-18-21;;/h13-15,17-18H,4-12,16,19-20H2,1-3H3;1H4;1H/q+1;;/p-1. The first-order valence-corrected chi connectivity index (χ1v) is 9.95. The van der Waals surface area contributed by atoms with Crippen LogP contribution in [0.15, 0.2) is 30.3 Å². The molecule has 0 spiro atoms. The molecule has 0 N–H and O–H groups in total. The van der Waals surface area contributed by atoms with Gasteiger partial charge in [0.2, 0.25) is 5.78 Å². The van der Waals surface area contributed by atoms with Crippen LogP contribution in [0.1, 0.15) is 88.9 Å². The van der Waals surface area contributed by atoms with Gasteiger partial charge in [-0.3, -0.25) is 4.79 Å². The first kappa shape index (κ1) is 27.5. The second-order valence-electron chi connectivity index (χ2n) is 7.79. The number of rotatable bonds is 14. The van der Waals surface area contributed by atoms with Gasteiger partial charge in [0.25, 0.3) is 0 Å². The van der Waals surface area contributed by atoms with Gasteiger partial charge in [0.05, 0.1) is 20.6 Å². The SMILES string of the molecule is C.CCCCCCCCCCCC[N+](C)(C)CC(=O)c1ccccc1.[Br-]. The van der Waals surface area contributed by atoms with E-state index in [0.29, 0.717) is 6.54 Å². The second-order valence-corrected chi connectivity index (χ2v) is 7.79. The summed E-state index contributed by atoms with van der Waals surface area (Å²) in [6.07, 6.45) is 13.6. The van der Waals surface area contributed by atoms with E-state index in [2.05, 4.69) is 21.0 Å². The molecule has 2 nitrogen and oxygen atoms in total. The van der Waals surface area contributed by atoms with E-state index in [1.165, 1.54) is 64.2 Å². The van der Waals surface area contributed by atoms with Gasteiger partial charge in [0, 0.05) is 5.56 Å². The highest BCUT2D eigenvalue weighted by Gasteiger charge is 2.20. The largest absolute Gasteiger partial charge is 1.00 e. The van der Waals surface area contributed by atoms with Gasteiger partial charge in [-0.1, -0.05) is 96.0 Å². The minimum atomic E-state index is 0. The monoisotopic (exact) mass is 427 g/mol. The Labute approximate surface area is 173 Å². The van der Waals surface area contributed by atoms with Crippen molar-refractivity contribution in [3.63, 3.8) is 0 Å². The number of carbonyl (C=O) groups is 1. The minimum Gasteiger partial charge on any atom is -1.00 e. The average Bonchev–Trinajstić information content (AvgIpc) is 2.57. The van der Waals surface area contributed by atoms with Crippen molar-refractivity contribution >= 4 is 5.78 Å². The normalized spacial score (nSPS) is 10.7. The zero-order valence-electron chi connectivity index (χ0n) is 16.6. The molecule has 0 atom stereocenters. The molecule has 0 aliphatic heterocycles. The Balaban J connectivity index is 0. The van der Waals surface area contributed by atoms with E-state index < -0.39 is 0 Å². The summed E-state index contributed by atoms with van der Waals surface area (Å²) in [5.74, 6) is 0.257. The van der Waals surface area contributed by atoms with Gasteiger partial charge in [-0.25, -0.2) is 0 Å². The summed E-state index contributed by atoms with van der Waals surface area (Å²) < 4.78 is 0.796. The van der Waals surface area contributed by atoms with Gasteiger partial charge in [-0.05, 0) is 12.8 Å². The number of likely N-dealkylation sites (N-methyl/N-ethyl adjacent to an activating group) is 1. The zero-order chi connectivity index (χ0) is 17.7. The van der Waals surface area contributed by atoms with E-state index in [0.717, 1.165) is 16.6 Å². The van der Waals surface area contributed by atoms with Crippen molar-refractivity contribution in [2.75, 3.05) is 27.2 Å². The third-order valence-corrected chi connectivity index (χ3v) is 4.78. The Morgan fingerprint density at radius 1 is 0.808 bits per heavy atom. The molecule has 0 radical (unpaired) electrons. The number of benzene rings is 1. The topological polar surface area (TPSA) is 17.1 Å². The molecule has 152 valence electrons. The quantitative estimate of drug-likeness (QED) is 0.252. The first-order chi connectivity index (χ1) is 11.5. The Morgan fingerprint density at radius 3 is 1.77 bits per heavy atom. The summed E-state index contributed by atoms with van der Waals surface area (Å²) in [7, 11) is 4.35. The smallest absolute Gasteiger partial charge is 0.216 e. The molecule has 1 aromatic rings. The van der Waals surface area contributed by atoms with Crippen LogP contribution < -0.4 is 17.0 Å². The molecule has 0 saturated heterocycles. The van der Waals surface area contributed by atoms with Crippen molar-refractivity contribution in [3.05, 3.63) is 35.9 Å². The van der Waals surface area contributed by atoms with Crippen molar-refractivity contribution in [1.29, 1.82) is 0 Å². The number of Topliss-reactive ketones (excluding diaryl/α,β-unsaturated/α-hetero) is 1. The molecule has 0 bridgehead atoms. The third-order valence-electron chi connectivity index (χ3n) is 4.78. The molecule has 0 aliphatic carbocycles. The maximum atomic E-state index is 12.3. The van der Waals surface area contributed by atoms with Gasteiger partial charge < -0.3 is 21.5 Å². The molecule has 0 aliphatic rings. The van der Waals surface area contributed by atoms with Crippen LogP contribution in [0.3, 0.4) is 0 Å². The van der Waals surface area contributed by atoms with Gasteiger partial charge in [0.1, 0.15) is 6.54 Å². The highest BCUT2D eigenvalue weighted by Crippen LogP contribution is 2.12. The van der Waals surface area contributed by atoms with E-state index in [9.17, 15) is 4.79 Å². The third kappa shape index (κ3) is 13.5. The van der Waals surface area contributed by atoms with Crippen LogP contribution in [0.25, 0.3) is 0 Å². The Hall–Kier alpha value is -0.670. The van der Waals surface area contributed by atoms with E-state index in [1.807, 2.05) is 30.3 Å². The van der Waals surface area contributed by atoms with Gasteiger partial charge in [0.15, 0.2) is 0 Å². The van der Waals surface area contributed by atoms with Crippen LogP contribution in [0.5, 0.6) is 0 Å². The van der Waals surface area contributed by atoms with Gasteiger partial charge >= 0.3 is 0 Å². The Kier molecular flexibility index (Phi) is 17.5. The van der Waals surface area contributed by atoms with Crippen LogP contribution in [0.2, 0.25) is 0 Å². The minimum absolute atomic E-state index is 0. The van der Waals surface area contributed by atoms with Gasteiger partial charge in [-0.15, -0.1) is 0 Å². The number of ketones is 1. The van der Waals surface area contributed by atoms with Crippen LogP contribution in [-0.2, 0) is 0 Å². The lowest BCUT2D eigenvalue weighted by molar-refractivity contribution is -0.882. The Morgan fingerprint density at radius 2 is 1.27 bits per heavy atom. The van der Waals surface area contributed by atoms with Crippen LogP contribution in [-0.4, -0.2) is 37.5 Å². The van der Waals surface area contributed by atoms with Crippen molar-refractivity contribution in [2.24, 2.45) is 0 Å².